The highest BCUT2D eigenvalue weighted by Gasteiger charge is 2.63. The molecule has 186 valence electrons. The number of carboxylic acid groups (broad SMARTS) is 1. The average molecular weight is 491 g/mol. The van der Waals surface area contributed by atoms with Crippen molar-refractivity contribution in [3.8, 4) is 11.8 Å². The van der Waals surface area contributed by atoms with Gasteiger partial charge in [-0.1, -0.05) is 27.7 Å². The minimum atomic E-state index is -4.71. The van der Waals surface area contributed by atoms with Gasteiger partial charge in [0.2, 0.25) is 0 Å². The van der Waals surface area contributed by atoms with Crippen molar-refractivity contribution in [1.82, 2.24) is 5.32 Å². The van der Waals surface area contributed by atoms with Crippen LogP contribution in [-0.4, -0.2) is 28.1 Å². The van der Waals surface area contributed by atoms with Crippen LogP contribution in [0.2, 0.25) is 0 Å². The predicted molar refractivity (Wildman–Crippen MR) is 119 cm³/mol. The summed E-state index contributed by atoms with van der Waals surface area (Å²) < 4.78 is 46.0. The number of non-ortho nitro benzene ring substituents is 1. The molecule has 1 fully saturated rings. The van der Waals surface area contributed by atoms with Crippen molar-refractivity contribution >= 4 is 11.7 Å². The van der Waals surface area contributed by atoms with E-state index in [1.807, 2.05) is 27.7 Å². The summed E-state index contributed by atoms with van der Waals surface area (Å²) in [5.74, 6) is -1.24. The first-order chi connectivity index (χ1) is 16.1. The fourth-order valence-electron chi connectivity index (χ4n) is 5.28. The summed E-state index contributed by atoms with van der Waals surface area (Å²) in [5.41, 5.74) is -2.83. The number of nitrogens with one attached hydrogen (secondary N) is 1. The van der Waals surface area contributed by atoms with Crippen LogP contribution in [0, 0.1) is 32.3 Å². The lowest BCUT2D eigenvalue weighted by Crippen LogP contribution is -2.74. The zero-order chi connectivity index (χ0) is 26.3. The zero-order valence-corrected chi connectivity index (χ0v) is 19.4. The van der Waals surface area contributed by atoms with E-state index in [1.54, 1.807) is 0 Å². The molecule has 0 saturated heterocycles. The standard InChI is InChI=1S/C24H24F3N3O5/c1-22(2)20(29-12-14-9-15(30(33)34)6-8-17(14)19(31)32)23(3,4)21(22)35-16-7-5-13(11-28)18(10-16)24(25,26)27/h5-10,20-21,29H,12H2,1-4H3,(H,31,32)/t20-,21-. The quantitative estimate of drug-likeness (QED) is 0.405. The SMILES string of the molecule is CC1(C)[C@H](NCc2cc([N+](=O)[O-])ccc2C(=O)O)C(C)(C)[C@H]1Oc1ccc(C#N)c(C(F)(F)F)c1. The number of hydrogen-bond acceptors (Lipinski definition) is 6. The molecule has 8 nitrogen and oxygen atoms in total. The Hall–Kier alpha value is -3.65. The fourth-order valence-corrected chi connectivity index (χ4v) is 5.28. The van der Waals surface area contributed by atoms with E-state index in [0.29, 0.717) is 0 Å². The molecule has 11 heteroatoms. The number of benzene rings is 2. The third-order valence-corrected chi connectivity index (χ3v) is 6.54. The molecule has 0 atom stereocenters. The first-order valence-electron chi connectivity index (χ1n) is 10.6. The Labute approximate surface area is 199 Å². The second-order valence-corrected chi connectivity index (χ2v) is 9.68. The lowest BCUT2D eigenvalue weighted by atomic mass is 9.49. The Morgan fingerprint density at radius 3 is 2.34 bits per heavy atom. The molecule has 0 radical (unpaired) electrons. The number of hydrogen-bond donors (Lipinski definition) is 2. The van der Waals surface area contributed by atoms with Crippen molar-refractivity contribution in [2.24, 2.45) is 10.8 Å². The smallest absolute Gasteiger partial charge is 0.417 e. The van der Waals surface area contributed by atoms with Crippen molar-refractivity contribution in [1.29, 1.82) is 5.26 Å². The maximum Gasteiger partial charge on any atom is 0.417 e. The van der Waals surface area contributed by atoms with Crippen molar-refractivity contribution in [2.45, 2.75) is 52.6 Å². The van der Waals surface area contributed by atoms with Crippen molar-refractivity contribution < 1.29 is 32.7 Å². The van der Waals surface area contributed by atoms with E-state index in [2.05, 4.69) is 5.32 Å². The van der Waals surface area contributed by atoms with Gasteiger partial charge >= 0.3 is 12.1 Å². The second-order valence-electron chi connectivity index (χ2n) is 9.68. The zero-order valence-electron chi connectivity index (χ0n) is 19.4. The highest BCUT2D eigenvalue weighted by Crippen LogP contribution is 2.55. The highest BCUT2D eigenvalue weighted by molar-refractivity contribution is 5.89. The summed E-state index contributed by atoms with van der Waals surface area (Å²) in [6.45, 7) is 7.48. The lowest BCUT2D eigenvalue weighted by Gasteiger charge is -2.63. The summed E-state index contributed by atoms with van der Waals surface area (Å²) in [4.78, 5) is 22.1. The van der Waals surface area contributed by atoms with Crippen LogP contribution in [0.4, 0.5) is 18.9 Å². The molecule has 0 aliphatic heterocycles. The number of rotatable bonds is 7. The first kappa shape index (κ1) is 26.0. The normalized spacial score (nSPS) is 20.4. The molecule has 0 heterocycles. The number of aromatic carboxylic acids is 1. The average Bonchev–Trinajstić information content (AvgIpc) is 2.75. The lowest BCUT2D eigenvalue weighted by molar-refractivity contribution is -0.384. The number of nitro benzene ring substituents is 1. The number of nitrogens with zero attached hydrogens (tertiary/aromatic N) is 2. The first-order valence-corrected chi connectivity index (χ1v) is 10.6. The fraction of sp³-hybridized carbons (Fsp3) is 0.417. The summed E-state index contributed by atoms with van der Waals surface area (Å²) in [5, 5.41) is 32.8. The molecule has 1 saturated carbocycles. The molecule has 2 aromatic rings. The maximum atomic E-state index is 13.3. The molecule has 2 aromatic carbocycles. The highest BCUT2D eigenvalue weighted by atomic mass is 19.4. The van der Waals surface area contributed by atoms with Crippen LogP contribution in [0.25, 0.3) is 0 Å². The van der Waals surface area contributed by atoms with Crippen molar-refractivity contribution in [2.75, 3.05) is 0 Å². The maximum absolute atomic E-state index is 13.3. The van der Waals surface area contributed by atoms with Crippen LogP contribution >= 0.6 is 0 Å². The van der Waals surface area contributed by atoms with Gasteiger partial charge in [0.1, 0.15) is 11.9 Å². The monoisotopic (exact) mass is 491 g/mol. The van der Waals surface area contributed by atoms with Crippen LogP contribution in [0.1, 0.15) is 54.7 Å². The number of carbonyl (C=O) groups is 1. The van der Waals surface area contributed by atoms with E-state index >= 15 is 0 Å². The molecule has 0 spiro atoms. The van der Waals surface area contributed by atoms with Gasteiger partial charge in [0.15, 0.2) is 0 Å². The van der Waals surface area contributed by atoms with E-state index in [4.69, 9.17) is 10.00 Å². The molecular weight excluding hydrogens is 467 g/mol. The third-order valence-electron chi connectivity index (χ3n) is 6.54. The number of halogens is 3. The molecule has 2 N–H and O–H groups in total. The van der Waals surface area contributed by atoms with Crippen molar-refractivity contribution in [3.63, 3.8) is 0 Å². The van der Waals surface area contributed by atoms with Gasteiger partial charge in [0, 0.05) is 35.5 Å². The Kier molecular flexibility index (Phi) is 6.57. The molecule has 0 aromatic heterocycles. The summed E-state index contributed by atoms with van der Waals surface area (Å²) >= 11 is 0. The van der Waals surface area contributed by atoms with Crippen LogP contribution in [0.3, 0.4) is 0 Å². The summed E-state index contributed by atoms with van der Waals surface area (Å²) in [6.07, 6.45) is -5.23. The van der Waals surface area contributed by atoms with Gasteiger partial charge in [-0.05, 0) is 29.8 Å². The number of ether oxygens (including phenoxy) is 1. The van der Waals surface area contributed by atoms with Gasteiger partial charge in [0.05, 0.1) is 27.7 Å². The van der Waals surface area contributed by atoms with E-state index < -0.39 is 45.1 Å². The van der Waals surface area contributed by atoms with Gasteiger partial charge in [-0.25, -0.2) is 4.79 Å². The number of nitro groups is 1. The van der Waals surface area contributed by atoms with E-state index in [0.717, 1.165) is 18.2 Å². The third kappa shape index (κ3) is 4.79. The van der Waals surface area contributed by atoms with E-state index in [9.17, 15) is 33.2 Å². The molecule has 1 aliphatic rings. The number of carboxylic acids is 1. The molecule has 0 bridgehead atoms. The molecule has 35 heavy (non-hydrogen) atoms. The Morgan fingerprint density at radius 1 is 1.20 bits per heavy atom. The van der Waals surface area contributed by atoms with Crippen molar-refractivity contribution in [3.05, 3.63) is 68.8 Å². The van der Waals surface area contributed by atoms with Gasteiger partial charge in [-0.15, -0.1) is 0 Å². The van der Waals surface area contributed by atoms with Gasteiger partial charge < -0.3 is 15.2 Å². The van der Waals surface area contributed by atoms with Gasteiger partial charge in [-0.2, -0.15) is 18.4 Å². The molecular formula is C24H24F3N3O5. The summed E-state index contributed by atoms with van der Waals surface area (Å²) in [7, 11) is 0. The molecule has 1 aliphatic carbocycles. The minimum Gasteiger partial charge on any atom is -0.489 e. The van der Waals surface area contributed by atoms with Crippen LogP contribution in [0.5, 0.6) is 5.75 Å². The number of nitriles is 1. The van der Waals surface area contributed by atoms with E-state index in [1.165, 1.54) is 24.3 Å². The second kappa shape index (κ2) is 8.85. The predicted octanol–water partition coefficient (Wildman–Crippen LogP) is 5.16. The van der Waals surface area contributed by atoms with E-state index in [-0.39, 0.29) is 35.2 Å². The molecule has 0 amide bonds. The Bertz CT molecular complexity index is 1200. The van der Waals surface area contributed by atoms with Gasteiger partial charge in [-0.3, -0.25) is 10.1 Å². The van der Waals surface area contributed by atoms with Crippen LogP contribution in [-0.2, 0) is 12.7 Å². The largest absolute Gasteiger partial charge is 0.489 e. The summed E-state index contributed by atoms with van der Waals surface area (Å²) in [6, 6.07) is 8.00. The number of alkyl halides is 3. The Morgan fingerprint density at radius 2 is 1.83 bits per heavy atom. The topological polar surface area (TPSA) is 125 Å². The van der Waals surface area contributed by atoms with Crippen LogP contribution < -0.4 is 10.1 Å². The van der Waals surface area contributed by atoms with Crippen LogP contribution in [0.15, 0.2) is 36.4 Å². The minimum absolute atomic E-state index is 0.0206. The Balaban J connectivity index is 1.83. The molecule has 0 unspecified atom stereocenters. The van der Waals surface area contributed by atoms with Gasteiger partial charge in [0.25, 0.3) is 5.69 Å². The molecule has 3 rings (SSSR count).